The van der Waals surface area contributed by atoms with Gasteiger partial charge in [-0.1, -0.05) is 36.9 Å². The van der Waals surface area contributed by atoms with Crippen LogP contribution in [0.5, 0.6) is 5.75 Å². The molecular formula is C12H16N2OS. The second-order valence-corrected chi connectivity index (χ2v) is 5.17. The van der Waals surface area contributed by atoms with E-state index in [9.17, 15) is 0 Å². The lowest BCUT2D eigenvalue weighted by Crippen LogP contribution is -2.19. The fraction of sp³-hybridized carbons (Fsp3) is 0.417. The number of ether oxygens (including phenoxy) is 1. The van der Waals surface area contributed by atoms with Crippen molar-refractivity contribution < 1.29 is 4.74 Å². The Morgan fingerprint density at radius 2 is 2.31 bits per heavy atom. The van der Waals surface area contributed by atoms with Gasteiger partial charge in [-0.15, -0.1) is 0 Å². The number of nitrogens with one attached hydrogen (secondary N) is 1. The van der Waals surface area contributed by atoms with Gasteiger partial charge in [-0.3, -0.25) is 4.99 Å². The molecule has 4 heteroatoms. The Bertz CT molecular complexity index is 392. The van der Waals surface area contributed by atoms with Crippen molar-refractivity contribution in [2.75, 3.05) is 13.7 Å². The molecule has 1 N–H and O–H groups in total. The first-order valence-electron chi connectivity index (χ1n) is 5.36. The number of hydrogen-bond donors (Lipinski definition) is 1. The van der Waals surface area contributed by atoms with Gasteiger partial charge in [0.15, 0.2) is 5.17 Å². The maximum atomic E-state index is 5.29. The van der Waals surface area contributed by atoms with Crippen LogP contribution in [0.2, 0.25) is 0 Å². The third-order valence-corrected chi connectivity index (χ3v) is 3.48. The van der Waals surface area contributed by atoms with Crippen LogP contribution in [0.15, 0.2) is 29.3 Å². The number of nitrogens with zero attached hydrogens (tertiary/aromatic N) is 1. The number of amidine groups is 1. The third-order valence-electron chi connectivity index (χ3n) is 2.43. The predicted octanol–water partition coefficient (Wildman–Crippen LogP) is 2.28. The average molecular weight is 236 g/mol. The molecule has 0 spiro atoms. The van der Waals surface area contributed by atoms with E-state index in [0.29, 0.717) is 5.25 Å². The second-order valence-electron chi connectivity index (χ2n) is 3.74. The van der Waals surface area contributed by atoms with Gasteiger partial charge in [-0.25, -0.2) is 0 Å². The van der Waals surface area contributed by atoms with E-state index in [2.05, 4.69) is 23.3 Å². The Kier molecular flexibility index (Phi) is 3.72. The lowest BCUT2D eigenvalue weighted by atomic mass is 10.2. The molecule has 3 nitrogen and oxygen atoms in total. The number of aliphatic imine (C=N–C) groups is 1. The van der Waals surface area contributed by atoms with Gasteiger partial charge >= 0.3 is 0 Å². The SMILES string of the molecule is COc1ccccc1CNC1=NCC(C)S1. The molecule has 1 unspecified atom stereocenters. The summed E-state index contributed by atoms with van der Waals surface area (Å²) in [7, 11) is 1.70. The Morgan fingerprint density at radius 1 is 1.50 bits per heavy atom. The molecule has 1 heterocycles. The van der Waals surface area contributed by atoms with Crippen molar-refractivity contribution in [3.05, 3.63) is 29.8 Å². The van der Waals surface area contributed by atoms with Crippen molar-refractivity contribution in [3.8, 4) is 5.75 Å². The first kappa shape index (κ1) is 11.3. The van der Waals surface area contributed by atoms with Crippen LogP contribution in [0.1, 0.15) is 12.5 Å². The molecule has 86 valence electrons. The van der Waals surface area contributed by atoms with Crippen LogP contribution in [0.3, 0.4) is 0 Å². The molecule has 0 amide bonds. The van der Waals surface area contributed by atoms with Crippen LogP contribution in [0.4, 0.5) is 0 Å². The van der Waals surface area contributed by atoms with Crippen molar-refractivity contribution in [2.45, 2.75) is 18.7 Å². The Hall–Kier alpha value is -1.16. The largest absolute Gasteiger partial charge is 0.496 e. The minimum atomic E-state index is 0.597. The number of methoxy groups -OCH3 is 1. The van der Waals surface area contributed by atoms with Crippen LogP contribution >= 0.6 is 11.8 Å². The second kappa shape index (κ2) is 5.25. The first-order valence-corrected chi connectivity index (χ1v) is 6.24. The Labute approximate surface area is 100 Å². The number of hydrogen-bond acceptors (Lipinski definition) is 4. The highest BCUT2D eigenvalue weighted by molar-refractivity contribution is 8.14. The van der Waals surface area contributed by atoms with Crippen molar-refractivity contribution in [1.82, 2.24) is 5.32 Å². The summed E-state index contributed by atoms with van der Waals surface area (Å²) in [5, 5.41) is 4.97. The first-order chi connectivity index (χ1) is 7.79. The molecule has 0 saturated carbocycles. The summed E-state index contributed by atoms with van der Waals surface area (Å²) in [6.07, 6.45) is 0. The van der Waals surface area contributed by atoms with Crippen molar-refractivity contribution in [2.24, 2.45) is 4.99 Å². The Morgan fingerprint density at radius 3 is 3.00 bits per heavy atom. The van der Waals surface area contributed by atoms with E-state index in [1.807, 2.05) is 18.2 Å². The molecule has 0 saturated heterocycles. The van der Waals surface area contributed by atoms with E-state index in [-0.39, 0.29) is 0 Å². The van der Waals surface area contributed by atoms with E-state index >= 15 is 0 Å². The highest BCUT2D eigenvalue weighted by atomic mass is 32.2. The van der Waals surface area contributed by atoms with E-state index in [0.717, 1.165) is 29.6 Å². The molecule has 1 aliphatic rings. The predicted molar refractivity (Wildman–Crippen MR) is 69.2 cm³/mol. The summed E-state index contributed by atoms with van der Waals surface area (Å²) < 4.78 is 5.29. The minimum Gasteiger partial charge on any atom is -0.496 e. The number of benzene rings is 1. The molecule has 1 atom stereocenters. The Balaban J connectivity index is 1.94. The van der Waals surface area contributed by atoms with Crippen LogP contribution < -0.4 is 10.1 Å². The molecule has 0 aliphatic carbocycles. The number of thioether (sulfide) groups is 1. The van der Waals surface area contributed by atoms with Crippen LogP contribution in [-0.2, 0) is 6.54 Å². The quantitative estimate of drug-likeness (QED) is 0.874. The van der Waals surface area contributed by atoms with Crippen LogP contribution in [0.25, 0.3) is 0 Å². The molecule has 1 aromatic carbocycles. The van der Waals surface area contributed by atoms with Gasteiger partial charge in [-0.05, 0) is 6.07 Å². The van der Waals surface area contributed by atoms with E-state index in [4.69, 9.17) is 4.74 Å². The topological polar surface area (TPSA) is 33.6 Å². The maximum absolute atomic E-state index is 5.29. The summed E-state index contributed by atoms with van der Waals surface area (Å²) in [4.78, 5) is 4.41. The standard InChI is InChI=1S/C12H16N2OS/c1-9-7-13-12(16-9)14-8-10-5-3-4-6-11(10)15-2/h3-6,9H,7-8H2,1-2H3,(H,13,14). The minimum absolute atomic E-state index is 0.597. The normalized spacial score (nSPS) is 19.4. The van der Waals surface area contributed by atoms with E-state index in [1.54, 1.807) is 18.9 Å². The molecule has 0 fully saturated rings. The molecule has 16 heavy (non-hydrogen) atoms. The monoisotopic (exact) mass is 236 g/mol. The fourth-order valence-electron chi connectivity index (χ4n) is 1.59. The molecule has 1 aromatic rings. The van der Waals surface area contributed by atoms with Crippen molar-refractivity contribution >= 4 is 16.9 Å². The number of rotatable bonds is 3. The zero-order chi connectivity index (χ0) is 11.4. The zero-order valence-electron chi connectivity index (χ0n) is 9.56. The summed E-state index contributed by atoms with van der Waals surface area (Å²) in [6.45, 7) is 3.87. The van der Waals surface area contributed by atoms with Crippen LogP contribution in [-0.4, -0.2) is 24.1 Å². The molecular weight excluding hydrogens is 220 g/mol. The van der Waals surface area contributed by atoms with Gasteiger partial charge in [0, 0.05) is 17.4 Å². The molecule has 0 aromatic heterocycles. The van der Waals surface area contributed by atoms with Gasteiger partial charge in [0.1, 0.15) is 5.75 Å². The summed E-state index contributed by atoms with van der Waals surface area (Å²) in [5.74, 6) is 0.923. The van der Waals surface area contributed by atoms with E-state index < -0.39 is 0 Å². The zero-order valence-corrected chi connectivity index (χ0v) is 10.4. The number of para-hydroxylation sites is 1. The highest BCUT2D eigenvalue weighted by Crippen LogP contribution is 2.20. The lowest BCUT2D eigenvalue weighted by molar-refractivity contribution is 0.409. The van der Waals surface area contributed by atoms with Gasteiger partial charge in [0.05, 0.1) is 13.7 Å². The average Bonchev–Trinajstić information content (AvgIpc) is 2.73. The van der Waals surface area contributed by atoms with Crippen LogP contribution in [0, 0.1) is 0 Å². The van der Waals surface area contributed by atoms with Gasteiger partial charge < -0.3 is 10.1 Å². The fourth-order valence-corrected chi connectivity index (χ4v) is 2.43. The smallest absolute Gasteiger partial charge is 0.157 e. The highest BCUT2D eigenvalue weighted by Gasteiger charge is 2.14. The van der Waals surface area contributed by atoms with Gasteiger partial charge in [0.2, 0.25) is 0 Å². The molecule has 2 rings (SSSR count). The van der Waals surface area contributed by atoms with Crippen molar-refractivity contribution in [1.29, 1.82) is 0 Å². The molecule has 0 bridgehead atoms. The van der Waals surface area contributed by atoms with E-state index in [1.165, 1.54) is 0 Å². The molecule has 1 aliphatic heterocycles. The van der Waals surface area contributed by atoms with Gasteiger partial charge in [-0.2, -0.15) is 0 Å². The lowest BCUT2D eigenvalue weighted by Gasteiger charge is -2.09. The molecule has 0 radical (unpaired) electrons. The summed E-state index contributed by atoms with van der Waals surface area (Å²) in [5.41, 5.74) is 1.16. The summed E-state index contributed by atoms with van der Waals surface area (Å²) >= 11 is 1.80. The van der Waals surface area contributed by atoms with Crippen molar-refractivity contribution in [3.63, 3.8) is 0 Å². The maximum Gasteiger partial charge on any atom is 0.157 e. The summed E-state index contributed by atoms with van der Waals surface area (Å²) in [6, 6.07) is 8.04. The van der Waals surface area contributed by atoms with Gasteiger partial charge in [0.25, 0.3) is 0 Å². The third kappa shape index (κ3) is 2.70.